The van der Waals surface area contributed by atoms with E-state index in [-0.39, 0.29) is 19.5 Å². The average Bonchev–Trinajstić information content (AvgIpc) is 3.80. The molecule has 0 saturated carbocycles. The number of aromatic nitrogens is 8. The van der Waals surface area contributed by atoms with E-state index in [1.165, 1.54) is 0 Å². The zero-order valence-corrected chi connectivity index (χ0v) is 28.7. The molecule has 222 valence electrons. The minimum atomic E-state index is 0. The number of likely N-dealkylation sites (N-methyl/N-ethyl adjacent to an activating group) is 1. The smallest absolute Gasteiger partial charge is 0.492 e. The minimum Gasteiger partial charge on any atom is -0.492 e. The Hall–Kier alpha value is -5.38. The summed E-state index contributed by atoms with van der Waals surface area (Å²) in [4.78, 5) is 41.8. The molecule has 9 rings (SSSR count). The molecule has 0 N–H and O–H groups in total. The van der Waals surface area contributed by atoms with Gasteiger partial charge in [-0.2, -0.15) is 0 Å². The van der Waals surface area contributed by atoms with Gasteiger partial charge in [0.2, 0.25) is 0 Å². The molecule has 11 heteroatoms. The molecule has 0 radical (unpaired) electrons. The molecule has 0 aliphatic carbocycles. The van der Waals surface area contributed by atoms with Crippen LogP contribution < -0.4 is 14.7 Å². The normalized spacial score (nSPS) is 11.8. The number of fused-ring (bicyclic) bond motifs is 20. The maximum absolute atomic E-state index is 6.09. The number of rotatable bonds is 4. The van der Waals surface area contributed by atoms with Crippen molar-refractivity contribution in [2.75, 3.05) is 27.2 Å². The van der Waals surface area contributed by atoms with Gasteiger partial charge in [0.05, 0.1) is 11.6 Å². The van der Waals surface area contributed by atoms with Crippen LogP contribution in [0.25, 0.3) is 89.7 Å². The van der Waals surface area contributed by atoms with Gasteiger partial charge in [-0.3, -0.25) is 0 Å². The number of hydrogen-bond donors (Lipinski definition) is 0. The van der Waals surface area contributed by atoms with Crippen molar-refractivity contribution < 1.29 is 24.2 Å². The van der Waals surface area contributed by atoms with Crippen LogP contribution in [-0.4, -0.2) is 62.1 Å². The summed E-state index contributed by atoms with van der Waals surface area (Å²) in [6, 6.07) is 29.7. The Morgan fingerprint density at radius 3 is 1.45 bits per heavy atom. The second-order valence-corrected chi connectivity index (χ2v) is 11.5. The molecule has 8 bridgehead atoms. The van der Waals surface area contributed by atoms with E-state index in [9.17, 15) is 0 Å². The Labute approximate surface area is 281 Å². The third-order valence-electron chi connectivity index (χ3n) is 8.20. The maximum atomic E-state index is 6.09. The van der Waals surface area contributed by atoms with Gasteiger partial charge in [-0.15, -0.1) is 0 Å². The van der Waals surface area contributed by atoms with E-state index >= 15 is 0 Å². The zero-order valence-electron chi connectivity index (χ0n) is 25.7. The van der Waals surface area contributed by atoms with Gasteiger partial charge in [0.15, 0.2) is 11.6 Å². The molecule has 4 aromatic carbocycles. The van der Waals surface area contributed by atoms with E-state index in [4.69, 9.17) is 44.6 Å². The standard InChI is InChI=1S/C36H25N9O.Zn/c1-45(2)17-18-46-20-15-16-27-28(19-20)36-43-34-26-14-8-7-13-25(26)32(41-34)39-30-22-10-4-3-9-21(22)29(37-30)38-31-23-11-5-6-12-24(23)33(40-31)42-35(27)44-36;/h3-16,19H,17-18H2,1-2H3;/q-2;+2. The minimum absolute atomic E-state index is 0. The van der Waals surface area contributed by atoms with E-state index in [0.717, 1.165) is 56.1 Å². The van der Waals surface area contributed by atoms with Crippen molar-refractivity contribution >= 4 is 44.1 Å². The molecular weight excluding hydrogens is 640 g/mol. The first-order chi connectivity index (χ1) is 22.6. The summed E-state index contributed by atoms with van der Waals surface area (Å²) in [5, 5.41) is 3.39. The first-order valence-electron chi connectivity index (χ1n) is 15.0. The van der Waals surface area contributed by atoms with Gasteiger partial charge in [-0.1, -0.05) is 72.8 Å². The molecule has 2 aliphatic rings. The van der Waals surface area contributed by atoms with E-state index in [1.807, 2.05) is 105 Å². The van der Waals surface area contributed by atoms with E-state index in [1.54, 1.807) is 0 Å². The predicted octanol–water partition coefficient (Wildman–Crippen LogP) is 6.07. The second-order valence-electron chi connectivity index (χ2n) is 11.5. The predicted molar refractivity (Wildman–Crippen MR) is 178 cm³/mol. The van der Waals surface area contributed by atoms with E-state index < -0.39 is 0 Å². The molecule has 0 spiro atoms. The topological polar surface area (TPSA) is 118 Å². The largest absolute Gasteiger partial charge is 2.00 e. The van der Waals surface area contributed by atoms with Crippen LogP contribution in [0, 0.1) is 0 Å². The Balaban J connectivity index is 0.00000324. The third kappa shape index (κ3) is 4.95. The van der Waals surface area contributed by atoms with Gasteiger partial charge in [0.1, 0.15) is 12.4 Å². The molecule has 47 heavy (non-hydrogen) atoms. The van der Waals surface area contributed by atoms with Crippen LogP contribution in [0.4, 0.5) is 0 Å². The van der Waals surface area contributed by atoms with Gasteiger partial charge in [0, 0.05) is 51.4 Å². The van der Waals surface area contributed by atoms with Crippen LogP contribution in [0.15, 0.2) is 91.0 Å². The fraction of sp³-hybridized carbons (Fsp3) is 0.111. The van der Waals surface area contributed by atoms with Crippen molar-refractivity contribution in [3.8, 4) is 51.3 Å². The summed E-state index contributed by atoms with van der Waals surface area (Å²) in [6.45, 7) is 1.35. The van der Waals surface area contributed by atoms with Crippen molar-refractivity contribution in [2.45, 2.75) is 0 Å². The first kappa shape index (κ1) is 29.1. The fourth-order valence-corrected chi connectivity index (χ4v) is 5.92. The molecule has 0 saturated heterocycles. The first-order valence-corrected chi connectivity index (χ1v) is 15.0. The fourth-order valence-electron chi connectivity index (χ4n) is 5.92. The van der Waals surface area contributed by atoms with E-state index in [0.29, 0.717) is 52.5 Å². The number of benzene rings is 4. The third-order valence-corrected chi connectivity index (χ3v) is 8.20. The monoisotopic (exact) mass is 663 g/mol. The molecule has 0 amide bonds. The summed E-state index contributed by atoms with van der Waals surface area (Å²) in [6.07, 6.45) is 0. The van der Waals surface area contributed by atoms with Crippen molar-refractivity contribution in [1.82, 2.24) is 44.8 Å². The van der Waals surface area contributed by atoms with Gasteiger partial charge >= 0.3 is 19.5 Å². The molecule has 0 unspecified atom stereocenters. The van der Waals surface area contributed by atoms with Crippen LogP contribution in [0.1, 0.15) is 0 Å². The summed E-state index contributed by atoms with van der Waals surface area (Å²) in [7, 11) is 4.04. The van der Waals surface area contributed by atoms with Gasteiger partial charge in [0.25, 0.3) is 0 Å². The number of hydrogen-bond acceptors (Lipinski definition) is 8. The Morgan fingerprint density at radius 2 is 0.936 bits per heavy atom. The summed E-state index contributed by atoms with van der Waals surface area (Å²) in [5.74, 6) is 2.87. The summed E-state index contributed by atoms with van der Waals surface area (Å²) < 4.78 is 6.09. The summed E-state index contributed by atoms with van der Waals surface area (Å²) >= 11 is 0. The van der Waals surface area contributed by atoms with Gasteiger partial charge < -0.3 is 34.6 Å². The SMILES string of the molecule is CN(C)CCOc1ccc2c3nc4nc(nc5nc(nc6[n-]c(nc([n-]3)c2c1)c1ccccc61)-c1ccccc1-5)-c1ccccc1-4.[Zn+2]. The molecule has 7 aromatic rings. The Bertz CT molecular complexity index is 2520. The molecular formula is C36H25N9OZn. The molecule has 0 atom stereocenters. The Kier molecular flexibility index (Phi) is 7.08. The van der Waals surface area contributed by atoms with E-state index in [2.05, 4.69) is 4.90 Å². The van der Waals surface area contributed by atoms with Crippen molar-refractivity contribution in [1.29, 1.82) is 0 Å². The van der Waals surface area contributed by atoms with Crippen molar-refractivity contribution in [3.05, 3.63) is 91.0 Å². The van der Waals surface area contributed by atoms with Crippen LogP contribution in [0.2, 0.25) is 0 Å². The second kappa shape index (κ2) is 11.5. The molecule has 5 heterocycles. The van der Waals surface area contributed by atoms with Crippen LogP contribution >= 0.6 is 0 Å². The van der Waals surface area contributed by atoms with Crippen molar-refractivity contribution in [2.24, 2.45) is 0 Å². The molecule has 0 fully saturated rings. The molecule has 3 aromatic heterocycles. The maximum Gasteiger partial charge on any atom is 2.00 e. The molecule has 10 nitrogen and oxygen atoms in total. The summed E-state index contributed by atoms with van der Waals surface area (Å²) in [5.41, 5.74) is 5.57. The average molecular weight is 665 g/mol. The van der Waals surface area contributed by atoms with Gasteiger partial charge in [-0.25, -0.2) is 15.0 Å². The Morgan fingerprint density at radius 1 is 0.511 bits per heavy atom. The zero-order chi connectivity index (χ0) is 30.8. The van der Waals surface area contributed by atoms with Gasteiger partial charge in [-0.05, 0) is 53.8 Å². The van der Waals surface area contributed by atoms with Crippen LogP contribution in [0.5, 0.6) is 5.75 Å². The number of ether oxygens (including phenoxy) is 1. The quantitative estimate of drug-likeness (QED) is 0.205. The van der Waals surface area contributed by atoms with Crippen molar-refractivity contribution in [3.63, 3.8) is 0 Å². The van der Waals surface area contributed by atoms with Crippen LogP contribution in [-0.2, 0) is 19.5 Å². The number of nitrogens with zero attached hydrogens (tertiary/aromatic N) is 9. The van der Waals surface area contributed by atoms with Crippen LogP contribution in [0.3, 0.4) is 0 Å². The molecule has 2 aliphatic heterocycles.